The Kier molecular flexibility index (Phi) is 6.10. The minimum atomic E-state index is -0.555. The number of aliphatic hydroxyl groups excluding tert-OH is 2. The molecule has 2 rings (SSSR count). The Balaban J connectivity index is 1.59. The van der Waals surface area contributed by atoms with E-state index in [1.807, 2.05) is 12.1 Å². The SMILES string of the molecule is OC(CNCC1CCC(O)C1)COc1cccc(Cl)c1. The van der Waals surface area contributed by atoms with Gasteiger partial charge in [-0.25, -0.2) is 0 Å². The molecule has 112 valence electrons. The second-order valence-electron chi connectivity index (χ2n) is 5.41. The summed E-state index contributed by atoms with van der Waals surface area (Å²) >= 11 is 5.85. The van der Waals surface area contributed by atoms with Crippen molar-refractivity contribution in [3.63, 3.8) is 0 Å². The maximum atomic E-state index is 9.84. The number of hydrogen-bond acceptors (Lipinski definition) is 4. The number of hydrogen-bond donors (Lipinski definition) is 3. The zero-order valence-corrected chi connectivity index (χ0v) is 12.2. The molecule has 0 radical (unpaired) electrons. The number of ether oxygens (including phenoxy) is 1. The number of nitrogens with one attached hydrogen (secondary N) is 1. The van der Waals surface area contributed by atoms with Gasteiger partial charge in [0.15, 0.2) is 0 Å². The second kappa shape index (κ2) is 7.84. The van der Waals surface area contributed by atoms with E-state index in [1.165, 1.54) is 0 Å². The first kappa shape index (κ1) is 15.6. The number of aliphatic hydroxyl groups is 2. The fraction of sp³-hybridized carbons (Fsp3) is 0.600. The normalized spacial score (nSPS) is 23.8. The van der Waals surface area contributed by atoms with Crippen molar-refractivity contribution in [2.75, 3.05) is 19.7 Å². The molecule has 1 fully saturated rings. The van der Waals surface area contributed by atoms with Crippen LogP contribution >= 0.6 is 11.6 Å². The highest BCUT2D eigenvalue weighted by atomic mass is 35.5. The number of benzene rings is 1. The smallest absolute Gasteiger partial charge is 0.120 e. The van der Waals surface area contributed by atoms with Gasteiger partial charge in [0.1, 0.15) is 18.5 Å². The molecule has 1 aliphatic rings. The van der Waals surface area contributed by atoms with Crippen LogP contribution in [0.2, 0.25) is 5.02 Å². The molecule has 1 aromatic rings. The van der Waals surface area contributed by atoms with Crippen molar-refractivity contribution in [1.82, 2.24) is 5.32 Å². The molecule has 0 saturated heterocycles. The minimum Gasteiger partial charge on any atom is -0.491 e. The third-order valence-electron chi connectivity index (χ3n) is 3.56. The van der Waals surface area contributed by atoms with E-state index >= 15 is 0 Å². The average Bonchev–Trinajstić information content (AvgIpc) is 2.82. The monoisotopic (exact) mass is 299 g/mol. The summed E-state index contributed by atoms with van der Waals surface area (Å²) in [6.45, 7) is 1.57. The molecule has 0 amide bonds. The summed E-state index contributed by atoms with van der Waals surface area (Å²) in [6, 6.07) is 7.13. The molecule has 1 saturated carbocycles. The van der Waals surface area contributed by atoms with Gasteiger partial charge in [-0.2, -0.15) is 0 Å². The van der Waals surface area contributed by atoms with E-state index in [1.54, 1.807) is 12.1 Å². The van der Waals surface area contributed by atoms with E-state index in [-0.39, 0.29) is 12.7 Å². The van der Waals surface area contributed by atoms with Crippen LogP contribution in [0.15, 0.2) is 24.3 Å². The highest BCUT2D eigenvalue weighted by molar-refractivity contribution is 6.30. The molecule has 4 nitrogen and oxygen atoms in total. The Morgan fingerprint density at radius 2 is 2.25 bits per heavy atom. The van der Waals surface area contributed by atoms with Crippen LogP contribution in [0.3, 0.4) is 0 Å². The van der Waals surface area contributed by atoms with Gasteiger partial charge in [0, 0.05) is 11.6 Å². The Morgan fingerprint density at radius 3 is 2.95 bits per heavy atom. The summed E-state index contributed by atoms with van der Waals surface area (Å²) in [5.74, 6) is 1.18. The van der Waals surface area contributed by atoms with E-state index in [0.29, 0.717) is 23.2 Å². The molecule has 1 aromatic carbocycles. The Hall–Kier alpha value is -0.810. The molecule has 20 heavy (non-hydrogen) atoms. The van der Waals surface area contributed by atoms with Crippen LogP contribution < -0.4 is 10.1 Å². The Bertz CT molecular complexity index is 416. The van der Waals surface area contributed by atoms with Gasteiger partial charge in [-0.1, -0.05) is 17.7 Å². The maximum absolute atomic E-state index is 9.84. The highest BCUT2D eigenvalue weighted by Crippen LogP contribution is 2.24. The van der Waals surface area contributed by atoms with Crippen LogP contribution in [-0.2, 0) is 0 Å². The van der Waals surface area contributed by atoms with E-state index in [2.05, 4.69) is 5.32 Å². The fourth-order valence-corrected chi connectivity index (χ4v) is 2.68. The van der Waals surface area contributed by atoms with Crippen LogP contribution in [0.25, 0.3) is 0 Å². The molecule has 3 atom stereocenters. The maximum Gasteiger partial charge on any atom is 0.120 e. The topological polar surface area (TPSA) is 61.7 Å². The van der Waals surface area contributed by atoms with Gasteiger partial charge in [-0.15, -0.1) is 0 Å². The van der Waals surface area contributed by atoms with Crippen molar-refractivity contribution in [2.24, 2.45) is 5.92 Å². The van der Waals surface area contributed by atoms with Crippen molar-refractivity contribution in [2.45, 2.75) is 31.5 Å². The van der Waals surface area contributed by atoms with Crippen LogP contribution in [0.1, 0.15) is 19.3 Å². The van der Waals surface area contributed by atoms with E-state index < -0.39 is 6.10 Å². The number of halogens is 1. The van der Waals surface area contributed by atoms with Gasteiger partial charge < -0.3 is 20.3 Å². The van der Waals surface area contributed by atoms with Crippen LogP contribution in [-0.4, -0.2) is 42.1 Å². The van der Waals surface area contributed by atoms with E-state index in [0.717, 1.165) is 25.8 Å². The van der Waals surface area contributed by atoms with Crippen LogP contribution in [0.5, 0.6) is 5.75 Å². The molecule has 5 heteroatoms. The first-order chi connectivity index (χ1) is 9.63. The van der Waals surface area contributed by atoms with Gasteiger partial charge >= 0.3 is 0 Å². The highest BCUT2D eigenvalue weighted by Gasteiger charge is 2.22. The van der Waals surface area contributed by atoms with Gasteiger partial charge in [0.2, 0.25) is 0 Å². The molecule has 0 aromatic heterocycles. The molecule has 0 spiro atoms. The van der Waals surface area contributed by atoms with E-state index in [4.69, 9.17) is 16.3 Å². The molecule has 0 aliphatic heterocycles. The third kappa shape index (κ3) is 5.29. The van der Waals surface area contributed by atoms with Crippen molar-refractivity contribution in [3.8, 4) is 5.75 Å². The fourth-order valence-electron chi connectivity index (χ4n) is 2.50. The molecular formula is C15H22ClNO3. The molecule has 0 bridgehead atoms. The lowest BCUT2D eigenvalue weighted by atomic mass is 10.1. The lowest BCUT2D eigenvalue weighted by Gasteiger charge is -2.15. The zero-order chi connectivity index (χ0) is 14.4. The Morgan fingerprint density at radius 1 is 1.40 bits per heavy atom. The third-order valence-corrected chi connectivity index (χ3v) is 3.80. The molecule has 3 unspecified atom stereocenters. The summed E-state index contributed by atoms with van der Waals surface area (Å²) in [7, 11) is 0. The van der Waals surface area contributed by atoms with Crippen molar-refractivity contribution >= 4 is 11.6 Å². The standard InChI is InChI=1S/C15H22ClNO3/c16-12-2-1-3-15(7-12)20-10-14(19)9-17-8-11-4-5-13(18)6-11/h1-3,7,11,13-14,17-19H,4-6,8-10H2. The summed E-state index contributed by atoms with van der Waals surface area (Å²) in [5.41, 5.74) is 0. The first-order valence-electron chi connectivity index (χ1n) is 7.08. The summed E-state index contributed by atoms with van der Waals surface area (Å²) in [6.07, 6.45) is 2.12. The first-order valence-corrected chi connectivity index (χ1v) is 7.46. The zero-order valence-electron chi connectivity index (χ0n) is 11.5. The summed E-state index contributed by atoms with van der Waals surface area (Å²) < 4.78 is 5.47. The predicted molar refractivity (Wildman–Crippen MR) is 79.2 cm³/mol. The van der Waals surface area contributed by atoms with Gasteiger partial charge in [-0.3, -0.25) is 0 Å². The molecule has 0 heterocycles. The van der Waals surface area contributed by atoms with E-state index in [9.17, 15) is 10.2 Å². The molecule has 3 N–H and O–H groups in total. The van der Waals surface area contributed by atoms with Gasteiger partial charge in [0.05, 0.1) is 6.10 Å². The average molecular weight is 300 g/mol. The minimum absolute atomic E-state index is 0.141. The summed E-state index contributed by atoms with van der Waals surface area (Å²) in [5, 5.41) is 23.1. The largest absolute Gasteiger partial charge is 0.491 e. The predicted octanol–water partition coefficient (Wildman–Crippen LogP) is 1.83. The van der Waals surface area contributed by atoms with Gasteiger partial charge in [-0.05, 0) is 49.9 Å². The second-order valence-corrected chi connectivity index (χ2v) is 5.85. The van der Waals surface area contributed by atoms with Crippen molar-refractivity contribution < 1.29 is 14.9 Å². The number of rotatable bonds is 7. The lowest BCUT2D eigenvalue weighted by molar-refractivity contribution is 0.105. The van der Waals surface area contributed by atoms with Crippen LogP contribution in [0.4, 0.5) is 0 Å². The van der Waals surface area contributed by atoms with Crippen molar-refractivity contribution in [3.05, 3.63) is 29.3 Å². The molecular weight excluding hydrogens is 278 g/mol. The summed E-state index contributed by atoms with van der Waals surface area (Å²) in [4.78, 5) is 0. The van der Waals surface area contributed by atoms with Gasteiger partial charge in [0.25, 0.3) is 0 Å². The van der Waals surface area contributed by atoms with Crippen molar-refractivity contribution in [1.29, 1.82) is 0 Å². The van der Waals surface area contributed by atoms with Crippen LogP contribution in [0, 0.1) is 5.92 Å². The molecule has 1 aliphatic carbocycles. The quantitative estimate of drug-likeness (QED) is 0.719. The Labute approximate surface area is 124 Å². The lowest BCUT2D eigenvalue weighted by Crippen LogP contribution is -2.34.